The van der Waals surface area contributed by atoms with Crippen molar-refractivity contribution in [1.29, 1.82) is 0 Å². The van der Waals surface area contributed by atoms with Crippen LogP contribution in [0.25, 0.3) is 0 Å². The molecule has 0 amide bonds. The zero-order valence-corrected chi connectivity index (χ0v) is 12.1. The fourth-order valence-electron chi connectivity index (χ4n) is 3.36. The average molecular weight is 295 g/mol. The van der Waals surface area contributed by atoms with Crippen molar-refractivity contribution in [2.24, 2.45) is 11.8 Å². The number of benzene rings is 1. The van der Waals surface area contributed by atoms with Crippen LogP contribution in [0.3, 0.4) is 0 Å². The first-order valence-corrected chi connectivity index (χ1v) is 9.27. The van der Waals surface area contributed by atoms with Crippen LogP contribution in [-0.2, 0) is 6.42 Å². The van der Waals surface area contributed by atoms with Crippen LogP contribution in [0.1, 0.15) is 12.0 Å². The minimum atomic E-state index is 0.985. The molecule has 3 rings (SSSR count). The molecule has 1 aromatic rings. The molecule has 0 aliphatic carbocycles. The molecule has 2 fully saturated rings. The summed E-state index contributed by atoms with van der Waals surface area (Å²) in [7, 11) is 0. The van der Waals surface area contributed by atoms with Gasteiger partial charge in [-0.25, -0.2) is 0 Å². The molecule has 1 nitrogen and oxygen atoms in total. The quantitative estimate of drug-likeness (QED) is 0.802. The van der Waals surface area contributed by atoms with Gasteiger partial charge in [0.05, 0.1) is 0 Å². The van der Waals surface area contributed by atoms with Gasteiger partial charge in [0.15, 0.2) is 0 Å². The zero-order chi connectivity index (χ0) is 11.5. The van der Waals surface area contributed by atoms with E-state index in [-0.39, 0.29) is 0 Å². The number of quaternary nitrogens is 1. The molecule has 0 spiro atoms. The molecule has 2 heterocycles. The fourth-order valence-corrected chi connectivity index (χ4v) is 6.11. The van der Waals surface area contributed by atoms with Gasteiger partial charge in [-0.2, -0.15) is 0 Å². The summed E-state index contributed by atoms with van der Waals surface area (Å²) in [6.07, 6.45) is 2.82. The maximum atomic E-state index is 2.27. The number of nitrogens with one attached hydrogen (secondary N) is 1. The van der Waals surface area contributed by atoms with E-state index in [1.165, 1.54) is 31.6 Å². The SMILES string of the molecule is c1ccc(CC[NH+]2CC3C[Se]CC(C3)C2)cc1. The normalized spacial score (nSPS) is 32.4. The van der Waals surface area contributed by atoms with E-state index in [4.69, 9.17) is 0 Å². The van der Waals surface area contributed by atoms with Crippen molar-refractivity contribution in [1.82, 2.24) is 0 Å². The molecule has 2 unspecified atom stereocenters. The molecule has 2 aliphatic heterocycles. The van der Waals surface area contributed by atoms with Crippen molar-refractivity contribution in [3.8, 4) is 0 Å². The van der Waals surface area contributed by atoms with Gasteiger partial charge >= 0.3 is 111 Å². The molecule has 0 aromatic heterocycles. The summed E-state index contributed by atoms with van der Waals surface area (Å²) in [5, 5.41) is 3.14. The number of likely N-dealkylation sites (tertiary alicyclic amines) is 1. The first-order valence-electron chi connectivity index (χ1n) is 6.85. The summed E-state index contributed by atoms with van der Waals surface area (Å²) in [6, 6.07) is 11.0. The summed E-state index contributed by atoms with van der Waals surface area (Å²) >= 11 is 0.985. The summed E-state index contributed by atoms with van der Waals surface area (Å²) in [5.74, 6) is 2.15. The third-order valence-electron chi connectivity index (χ3n) is 4.14. The van der Waals surface area contributed by atoms with Gasteiger partial charge in [0.1, 0.15) is 0 Å². The molecule has 2 saturated heterocycles. The molecule has 92 valence electrons. The van der Waals surface area contributed by atoms with Gasteiger partial charge in [-0.05, 0) is 0 Å². The minimum absolute atomic E-state index is 0.985. The van der Waals surface area contributed by atoms with E-state index >= 15 is 0 Å². The Hall–Kier alpha value is -0.301. The number of hydrogen-bond donors (Lipinski definition) is 1. The van der Waals surface area contributed by atoms with Crippen molar-refractivity contribution >= 4 is 15.0 Å². The van der Waals surface area contributed by atoms with Crippen LogP contribution < -0.4 is 4.90 Å². The van der Waals surface area contributed by atoms with Crippen molar-refractivity contribution in [2.45, 2.75) is 23.5 Å². The Labute approximate surface area is 111 Å². The monoisotopic (exact) mass is 296 g/mol. The van der Waals surface area contributed by atoms with Gasteiger partial charge in [0, 0.05) is 0 Å². The van der Waals surface area contributed by atoms with E-state index in [9.17, 15) is 0 Å². The Morgan fingerprint density at radius 3 is 2.47 bits per heavy atom. The Bertz CT molecular complexity index is 339. The molecule has 2 bridgehead atoms. The summed E-state index contributed by atoms with van der Waals surface area (Å²) in [4.78, 5) is 1.88. The Morgan fingerprint density at radius 1 is 1.06 bits per heavy atom. The van der Waals surface area contributed by atoms with Gasteiger partial charge in [-0.3, -0.25) is 0 Å². The third kappa shape index (κ3) is 3.13. The van der Waals surface area contributed by atoms with Crippen molar-refractivity contribution in [3.05, 3.63) is 35.9 Å². The van der Waals surface area contributed by atoms with Gasteiger partial charge in [-0.15, -0.1) is 0 Å². The molecule has 1 aromatic carbocycles. The molecule has 17 heavy (non-hydrogen) atoms. The second kappa shape index (κ2) is 5.56. The van der Waals surface area contributed by atoms with Crippen LogP contribution in [0.2, 0.25) is 10.6 Å². The molecule has 2 aliphatic rings. The van der Waals surface area contributed by atoms with Crippen molar-refractivity contribution in [2.75, 3.05) is 19.6 Å². The topological polar surface area (TPSA) is 4.44 Å². The Morgan fingerprint density at radius 2 is 1.76 bits per heavy atom. The van der Waals surface area contributed by atoms with Crippen LogP contribution in [0.5, 0.6) is 0 Å². The Kier molecular flexibility index (Phi) is 3.85. The van der Waals surface area contributed by atoms with Crippen molar-refractivity contribution in [3.63, 3.8) is 0 Å². The average Bonchev–Trinajstić information content (AvgIpc) is 2.37. The van der Waals surface area contributed by atoms with Gasteiger partial charge in [0.25, 0.3) is 0 Å². The molecule has 2 heteroatoms. The second-order valence-electron chi connectivity index (χ2n) is 5.65. The van der Waals surface area contributed by atoms with E-state index in [2.05, 4.69) is 30.3 Å². The first kappa shape index (κ1) is 11.8. The van der Waals surface area contributed by atoms with Crippen molar-refractivity contribution < 1.29 is 4.90 Å². The standard InChI is InChI=1S/C15H21NSe/c1-2-4-13(5-3-1)6-7-16-9-14-8-15(10-16)12-17-11-14/h1-5,14-15H,6-12H2/p+1. The number of hydrogen-bond acceptors (Lipinski definition) is 0. The number of fused-ring (bicyclic) bond motifs is 2. The van der Waals surface area contributed by atoms with Crippen LogP contribution in [0, 0.1) is 11.8 Å². The van der Waals surface area contributed by atoms with Crippen LogP contribution >= 0.6 is 0 Å². The van der Waals surface area contributed by atoms with Gasteiger partial charge in [-0.1, -0.05) is 0 Å². The predicted molar refractivity (Wildman–Crippen MR) is 72.7 cm³/mol. The van der Waals surface area contributed by atoms with E-state index in [0.29, 0.717) is 0 Å². The van der Waals surface area contributed by atoms with E-state index < -0.39 is 0 Å². The Balaban J connectivity index is 1.52. The second-order valence-corrected chi connectivity index (χ2v) is 7.90. The third-order valence-corrected chi connectivity index (χ3v) is 7.11. The molecule has 1 N–H and O–H groups in total. The zero-order valence-electron chi connectivity index (χ0n) is 10.4. The maximum absolute atomic E-state index is 2.27. The molecular formula is C15H22NSe+. The van der Waals surface area contributed by atoms with E-state index in [1.807, 2.05) is 4.90 Å². The molecule has 0 saturated carbocycles. The molecular weight excluding hydrogens is 273 g/mol. The van der Waals surface area contributed by atoms with E-state index in [0.717, 1.165) is 26.8 Å². The number of rotatable bonds is 3. The molecule has 2 atom stereocenters. The van der Waals surface area contributed by atoms with Crippen LogP contribution in [-0.4, -0.2) is 34.6 Å². The van der Waals surface area contributed by atoms with Gasteiger partial charge in [0.2, 0.25) is 0 Å². The van der Waals surface area contributed by atoms with Gasteiger partial charge < -0.3 is 0 Å². The number of piperidine rings is 1. The summed E-state index contributed by atoms with van der Waals surface area (Å²) in [5.41, 5.74) is 1.51. The molecule has 0 radical (unpaired) electrons. The summed E-state index contributed by atoms with van der Waals surface area (Å²) in [6.45, 7) is 4.28. The van der Waals surface area contributed by atoms with E-state index in [1.54, 1.807) is 17.1 Å². The predicted octanol–water partition coefficient (Wildman–Crippen LogP) is 1.30. The summed E-state index contributed by atoms with van der Waals surface area (Å²) < 4.78 is 0. The van der Waals surface area contributed by atoms with Crippen LogP contribution in [0.15, 0.2) is 30.3 Å². The van der Waals surface area contributed by atoms with Crippen LogP contribution in [0.4, 0.5) is 0 Å². The fraction of sp³-hybridized carbons (Fsp3) is 0.600. The first-order chi connectivity index (χ1) is 8.40.